The number of methoxy groups -OCH3 is 1. The van der Waals surface area contributed by atoms with Gasteiger partial charge in [-0.15, -0.1) is 0 Å². The highest BCUT2D eigenvalue weighted by Crippen LogP contribution is 2.42. The number of alkyl halides is 1. The number of benzene rings is 1. The number of amides is 1. The summed E-state index contributed by atoms with van der Waals surface area (Å²) in [6.45, 7) is 1.37. The quantitative estimate of drug-likeness (QED) is 0.911. The van der Waals surface area contributed by atoms with Gasteiger partial charge in [-0.1, -0.05) is 0 Å². The zero-order chi connectivity index (χ0) is 16.8. The normalized spacial score (nSPS) is 27.9. The summed E-state index contributed by atoms with van der Waals surface area (Å²) in [5, 5.41) is 9.12. The zero-order valence-corrected chi connectivity index (χ0v) is 13.1. The molecule has 1 aromatic carbocycles. The SMILES string of the molecule is COc1cc(N2C[C@@H]3CN(C)CC[C@]3(F)C2=O)ccc1C(=O)O. The summed E-state index contributed by atoms with van der Waals surface area (Å²) in [7, 11) is 3.28. The van der Waals surface area contributed by atoms with E-state index in [4.69, 9.17) is 9.84 Å². The molecule has 0 radical (unpaired) electrons. The number of fused-ring (bicyclic) bond motifs is 1. The number of hydrogen-bond donors (Lipinski definition) is 1. The molecular weight excluding hydrogens is 303 g/mol. The number of carboxylic acid groups (broad SMARTS) is 1. The number of anilines is 1. The van der Waals surface area contributed by atoms with Crippen LogP contribution >= 0.6 is 0 Å². The number of ether oxygens (including phenoxy) is 1. The molecular formula is C16H19FN2O4. The van der Waals surface area contributed by atoms with E-state index in [2.05, 4.69) is 0 Å². The molecule has 0 bridgehead atoms. The Kier molecular flexibility index (Phi) is 3.75. The van der Waals surface area contributed by atoms with Crippen LogP contribution in [0.2, 0.25) is 0 Å². The second kappa shape index (κ2) is 5.49. The van der Waals surface area contributed by atoms with Crippen LogP contribution in [0.4, 0.5) is 10.1 Å². The van der Waals surface area contributed by atoms with Gasteiger partial charge in [0.1, 0.15) is 11.3 Å². The van der Waals surface area contributed by atoms with E-state index in [0.717, 1.165) is 0 Å². The third kappa shape index (κ3) is 2.45. The predicted molar refractivity (Wildman–Crippen MR) is 81.7 cm³/mol. The molecule has 2 saturated heterocycles. The molecule has 0 aliphatic carbocycles. The van der Waals surface area contributed by atoms with Gasteiger partial charge in [-0.3, -0.25) is 4.79 Å². The number of nitrogens with zero attached hydrogens (tertiary/aromatic N) is 2. The second-order valence-corrected chi connectivity index (χ2v) is 6.18. The zero-order valence-electron chi connectivity index (χ0n) is 13.1. The van der Waals surface area contributed by atoms with Crippen LogP contribution in [0.5, 0.6) is 5.75 Å². The van der Waals surface area contributed by atoms with Crippen molar-refractivity contribution in [3.8, 4) is 5.75 Å². The molecule has 2 aliphatic rings. The summed E-state index contributed by atoms with van der Waals surface area (Å²) in [6.07, 6.45) is 0.188. The molecule has 2 fully saturated rings. The fraction of sp³-hybridized carbons (Fsp3) is 0.500. The molecule has 6 nitrogen and oxygen atoms in total. The highest BCUT2D eigenvalue weighted by molar-refractivity contribution is 6.03. The Morgan fingerprint density at radius 3 is 2.83 bits per heavy atom. The lowest BCUT2D eigenvalue weighted by molar-refractivity contribution is -0.131. The van der Waals surface area contributed by atoms with Gasteiger partial charge in [-0.05, 0) is 19.2 Å². The summed E-state index contributed by atoms with van der Waals surface area (Å²) in [5.41, 5.74) is -1.36. The van der Waals surface area contributed by atoms with Crippen LogP contribution in [0, 0.1) is 5.92 Å². The molecule has 2 atom stereocenters. The Bertz CT molecular complexity index is 665. The standard InChI is InChI=1S/C16H19FN2O4/c1-18-6-5-16(17)10(8-18)9-19(15(16)22)11-3-4-12(14(20)21)13(7-11)23-2/h3-4,7,10H,5-6,8-9H2,1-2H3,(H,20,21)/t10-,16+/m0/s1. The molecule has 1 amide bonds. The van der Waals surface area contributed by atoms with Crippen molar-refractivity contribution < 1.29 is 23.8 Å². The minimum atomic E-state index is -1.83. The molecule has 23 heavy (non-hydrogen) atoms. The van der Waals surface area contributed by atoms with E-state index in [1.54, 1.807) is 0 Å². The monoisotopic (exact) mass is 322 g/mol. The fourth-order valence-electron chi connectivity index (χ4n) is 3.43. The minimum Gasteiger partial charge on any atom is -0.496 e. The Balaban J connectivity index is 1.94. The highest BCUT2D eigenvalue weighted by atomic mass is 19.1. The lowest BCUT2D eigenvalue weighted by atomic mass is 9.85. The van der Waals surface area contributed by atoms with Gasteiger partial charge in [0, 0.05) is 43.7 Å². The fourth-order valence-corrected chi connectivity index (χ4v) is 3.43. The Morgan fingerprint density at radius 2 is 2.17 bits per heavy atom. The first-order chi connectivity index (χ1) is 10.9. The average molecular weight is 322 g/mol. The van der Waals surface area contributed by atoms with E-state index < -0.39 is 17.5 Å². The summed E-state index contributed by atoms with van der Waals surface area (Å²) >= 11 is 0. The van der Waals surface area contributed by atoms with Crippen LogP contribution in [0.15, 0.2) is 18.2 Å². The van der Waals surface area contributed by atoms with Crippen LogP contribution in [0.25, 0.3) is 0 Å². The van der Waals surface area contributed by atoms with Crippen LogP contribution < -0.4 is 9.64 Å². The largest absolute Gasteiger partial charge is 0.496 e. The number of rotatable bonds is 3. The van der Waals surface area contributed by atoms with Crippen molar-refractivity contribution in [2.75, 3.05) is 38.7 Å². The van der Waals surface area contributed by atoms with Crippen molar-refractivity contribution >= 4 is 17.6 Å². The molecule has 1 aromatic rings. The first kappa shape index (κ1) is 15.7. The first-order valence-corrected chi connectivity index (χ1v) is 7.47. The van der Waals surface area contributed by atoms with Crippen LogP contribution in [-0.4, -0.2) is 61.3 Å². The van der Waals surface area contributed by atoms with Crippen molar-refractivity contribution in [2.45, 2.75) is 12.1 Å². The summed E-state index contributed by atoms with van der Waals surface area (Å²) in [6, 6.07) is 4.38. The molecule has 1 N–H and O–H groups in total. The van der Waals surface area contributed by atoms with Gasteiger partial charge >= 0.3 is 5.97 Å². The predicted octanol–water partition coefficient (Wildman–Crippen LogP) is 1.40. The highest BCUT2D eigenvalue weighted by Gasteiger charge is 2.57. The third-order valence-corrected chi connectivity index (χ3v) is 4.77. The number of carbonyl (C=O) groups excluding carboxylic acids is 1. The number of carboxylic acids is 1. The van der Waals surface area contributed by atoms with Gasteiger partial charge in [0.05, 0.1) is 7.11 Å². The van der Waals surface area contributed by atoms with Gasteiger partial charge in [0.25, 0.3) is 5.91 Å². The lowest BCUT2D eigenvalue weighted by Crippen LogP contribution is -2.49. The topological polar surface area (TPSA) is 70.1 Å². The molecule has 7 heteroatoms. The molecule has 2 heterocycles. The Morgan fingerprint density at radius 1 is 1.43 bits per heavy atom. The molecule has 0 saturated carbocycles. The van der Waals surface area contributed by atoms with E-state index in [1.165, 1.54) is 30.2 Å². The van der Waals surface area contributed by atoms with E-state index in [0.29, 0.717) is 18.8 Å². The van der Waals surface area contributed by atoms with Crippen molar-refractivity contribution in [2.24, 2.45) is 5.92 Å². The van der Waals surface area contributed by atoms with Crippen LogP contribution in [0.1, 0.15) is 16.8 Å². The van der Waals surface area contributed by atoms with Crippen molar-refractivity contribution in [1.29, 1.82) is 0 Å². The Hall–Kier alpha value is -2.15. The molecule has 0 aromatic heterocycles. The van der Waals surface area contributed by atoms with E-state index in [1.807, 2.05) is 11.9 Å². The molecule has 3 rings (SSSR count). The summed E-state index contributed by atoms with van der Waals surface area (Å²) in [5.74, 6) is -1.87. The van der Waals surface area contributed by atoms with Gasteiger partial charge < -0.3 is 19.6 Å². The summed E-state index contributed by atoms with van der Waals surface area (Å²) in [4.78, 5) is 27.1. The number of halogens is 1. The van der Waals surface area contributed by atoms with Gasteiger partial charge in [0.2, 0.25) is 0 Å². The first-order valence-electron chi connectivity index (χ1n) is 7.47. The van der Waals surface area contributed by atoms with E-state index >= 15 is 4.39 Å². The van der Waals surface area contributed by atoms with Gasteiger partial charge in [-0.2, -0.15) is 0 Å². The lowest BCUT2D eigenvalue weighted by Gasteiger charge is -2.34. The van der Waals surface area contributed by atoms with Gasteiger partial charge in [-0.25, -0.2) is 9.18 Å². The van der Waals surface area contributed by atoms with E-state index in [9.17, 15) is 9.59 Å². The average Bonchev–Trinajstić information content (AvgIpc) is 2.79. The van der Waals surface area contributed by atoms with Crippen molar-refractivity contribution in [3.63, 3.8) is 0 Å². The van der Waals surface area contributed by atoms with Crippen molar-refractivity contribution in [1.82, 2.24) is 4.90 Å². The number of hydrogen-bond acceptors (Lipinski definition) is 4. The van der Waals surface area contributed by atoms with Gasteiger partial charge in [0.15, 0.2) is 5.67 Å². The third-order valence-electron chi connectivity index (χ3n) is 4.77. The number of carbonyl (C=O) groups is 2. The van der Waals surface area contributed by atoms with Crippen LogP contribution in [0.3, 0.4) is 0 Å². The van der Waals surface area contributed by atoms with Crippen LogP contribution in [-0.2, 0) is 4.79 Å². The molecule has 0 unspecified atom stereocenters. The smallest absolute Gasteiger partial charge is 0.339 e. The number of piperidine rings is 1. The molecule has 0 spiro atoms. The Labute approximate surface area is 133 Å². The maximum atomic E-state index is 15.1. The maximum Gasteiger partial charge on any atom is 0.339 e. The maximum absolute atomic E-state index is 15.1. The molecule has 2 aliphatic heterocycles. The van der Waals surface area contributed by atoms with E-state index in [-0.39, 0.29) is 30.2 Å². The number of likely N-dealkylation sites (tertiary alicyclic amines) is 1. The number of aromatic carboxylic acids is 1. The van der Waals surface area contributed by atoms with Crippen molar-refractivity contribution in [3.05, 3.63) is 23.8 Å². The second-order valence-electron chi connectivity index (χ2n) is 6.18. The molecule has 124 valence electrons. The minimum absolute atomic E-state index is 0.00927. The summed E-state index contributed by atoms with van der Waals surface area (Å²) < 4.78 is 20.2.